The molecular weight excluding hydrogens is 373 g/mol. The van der Waals surface area contributed by atoms with Crippen LogP contribution in [-0.2, 0) is 24.7 Å². The molecule has 2 atom stereocenters. The molecule has 1 aliphatic carbocycles. The lowest BCUT2D eigenvalue weighted by molar-refractivity contribution is -0.149. The summed E-state index contributed by atoms with van der Waals surface area (Å²) in [6, 6.07) is 2.63. The molecule has 0 unspecified atom stereocenters. The van der Waals surface area contributed by atoms with E-state index in [-0.39, 0.29) is 23.9 Å². The van der Waals surface area contributed by atoms with Gasteiger partial charge in [-0.3, -0.25) is 4.79 Å². The van der Waals surface area contributed by atoms with E-state index in [0.717, 1.165) is 29.1 Å². The summed E-state index contributed by atoms with van der Waals surface area (Å²) in [7, 11) is -7.91. The number of hydrogen-bond donors (Lipinski definition) is 1. The Morgan fingerprint density at radius 1 is 1.32 bits per heavy atom. The van der Waals surface area contributed by atoms with E-state index in [4.69, 9.17) is 0 Å². The van der Waals surface area contributed by atoms with Gasteiger partial charge in [0.25, 0.3) is 0 Å². The molecule has 0 amide bonds. The van der Waals surface area contributed by atoms with Gasteiger partial charge in [-0.25, -0.2) is 21.2 Å². The first-order valence-electron chi connectivity index (χ1n) is 7.72. The maximum Gasteiger partial charge on any atom is 0.311 e. The van der Waals surface area contributed by atoms with Crippen molar-refractivity contribution >= 4 is 25.8 Å². The predicted molar refractivity (Wildman–Crippen MR) is 85.7 cm³/mol. The van der Waals surface area contributed by atoms with Crippen molar-refractivity contribution in [3.05, 3.63) is 24.0 Å². The Morgan fingerprint density at radius 2 is 2.00 bits per heavy atom. The zero-order chi connectivity index (χ0) is 18.6. The van der Waals surface area contributed by atoms with Crippen molar-refractivity contribution in [1.82, 2.24) is 4.31 Å². The van der Waals surface area contributed by atoms with Crippen LogP contribution in [0, 0.1) is 17.2 Å². The van der Waals surface area contributed by atoms with Gasteiger partial charge in [-0.1, -0.05) is 6.42 Å². The summed E-state index contributed by atoms with van der Waals surface area (Å²) in [5, 5.41) is 9.55. The van der Waals surface area contributed by atoms with Crippen LogP contribution >= 0.6 is 0 Å². The van der Waals surface area contributed by atoms with Gasteiger partial charge < -0.3 is 5.11 Å². The summed E-state index contributed by atoms with van der Waals surface area (Å²) in [6.45, 7) is -0.0745. The Bertz CT molecular complexity index is 943. The molecule has 1 saturated heterocycles. The van der Waals surface area contributed by atoms with E-state index in [0.29, 0.717) is 18.9 Å². The number of aliphatic carboxylic acids is 1. The molecule has 1 saturated carbocycles. The molecule has 138 valence electrons. The van der Waals surface area contributed by atoms with E-state index in [1.54, 1.807) is 0 Å². The second-order valence-electron chi connectivity index (χ2n) is 6.71. The van der Waals surface area contributed by atoms with E-state index in [9.17, 15) is 31.1 Å². The Morgan fingerprint density at radius 3 is 2.52 bits per heavy atom. The van der Waals surface area contributed by atoms with E-state index in [2.05, 4.69) is 0 Å². The highest BCUT2D eigenvalue weighted by Gasteiger charge is 2.57. The average Bonchev–Trinajstić information content (AvgIpc) is 3.03. The number of nitrogens with zero attached hydrogens (tertiary/aromatic N) is 1. The van der Waals surface area contributed by atoms with Crippen molar-refractivity contribution < 1.29 is 31.1 Å². The summed E-state index contributed by atoms with van der Waals surface area (Å²) in [5.74, 6) is -2.41. The molecule has 3 rings (SSSR count). The zero-order valence-corrected chi connectivity index (χ0v) is 15.1. The SMILES string of the molecule is CS(=O)(=O)c1ccc(S(=O)(=O)N2C[C@@H]3CCC[C@@]3(C(=O)O)C2)cc1F. The number of carbonyl (C=O) groups is 1. The number of hydrogen-bond acceptors (Lipinski definition) is 5. The first-order valence-corrected chi connectivity index (χ1v) is 11.0. The third-order valence-electron chi connectivity index (χ3n) is 5.21. The van der Waals surface area contributed by atoms with Gasteiger partial charge in [-0.05, 0) is 37.0 Å². The molecular formula is C15H18FNO6S2. The predicted octanol–water partition coefficient (Wildman–Crippen LogP) is 1.10. The summed E-state index contributed by atoms with van der Waals surface area (Å²) in [6.07, 6.45) is 2.63. The van der Waals surface area contributed by atoms with Crippen molar-refractivity contribution in [1.29, 1.82) is 0 Å². The highest BCUT2D eigenvalue weighted by atomic mass is 32.2. The smallest absolute Gasteiger partial charge is 0.311 e. The maximum absolute atomic E-state index is 14.0. The normalized spacial score (nSPS) is 27.4. The van der Waals surface area contributed by atoms with Crippen molar-refractivity contribution in [3.63, 3.8) is 0 Å². The maximum atomic E-state index is 14.0. The molecule has 1 aliphatic heterocycles. The lowest BCUT2D eigenvalue weighted by Gasteiger charge is -2.23. The summed E-state index contributed by atoms with van der Waals surface area (Å²) < 4.78 is 63.5. The largest absolute Gasteiger partial charge is 0.481 e. The monoisotopic (exact) mass is 391 g/mol. The molecule has 2 aliphatic rings. The number of sulfone groups is 1. The highest BCUT2D eigenvalue weighted by Crippen LogP contribution is 2.50. The third-order valence-corrected chi connectivity index (χ3v) is 8.14. The summed E-state index contributed by atoms with van der Waals surface area (Å²) >= 11 is 0. The molecule has 0 bridgehead atoms. The molecule has 2 fully saturated rings. The van der Waals surface area contributed by atoms with Gasteiger partial charge in [0.1, 0.15) is 10.7 Å². The molecule has 7 nitrogen and oxygen atoms in total. The number of benzene rings is 1. The molecule has 1 N–H and O–H groups in total. The molecule has 1 aromatic carbocycles. The fourth-order valence-electron chi connectivity index (χ4n) is 3.87. The third kappa shape index (κ3) is 2.85. The van der Waals surface area contributed by atoms with Crippen LogP contribution in [0.25, 0.3) is 0 Å². The lowest BCUT2D eigenvalue weighted by Crippen LogP contribution is -2.37. The van der Waals surface area contributed by atoms with Gasteiger partial charge >= 0.3 is 5.97 Å². The summed E-state index contributed by atoms with van der Waals surface area (Å²) in [5.41, 5.74) is -1.09. The van der Waals surface area contributed by atoms with Crippen LogP contribution in [0.2, 0.25) is 0 Å². The second kappa shape index (κ2) is 5.75. The number of halogens is 1. The fourth-order valence-corrected chi connectivity index (χ4v) is 6.16. The van der Waals surface area contributed by atoms with Crippen LogP contribution in [0.1, 0.15) is 19.3 Å². The topological polar surface area (TPSA) is 109 Å². The minimum absolute atomic E-state index is 0.0735. The molecule has 0 aromatic heterocycles. The van der Waals surface area contributed by atoms with Crippen molar-refractivity contribution in [2.45, 2.75) is 29.1 Å². The highest BCUT2D eigenvalue weighted by molar-refractivity contribution is 7.90. The average molecular weight is 391 g/mol. The van der Waals surface area contributed by atoms with Gasteiger partial charge in [0.05, 0.1) is 10.3 Å². The van der Waals surface area contributed by atoms with Gasteiger partial charge in [0.15, 0.2) is 9.84 Å². The van der Waals surface area contributed by atoms with E-state index >= 15 is 0 Å². The van der Waals surface area contributed by atoms with E-state index in [1.165, 1.54) is 0 Å². The lowest BCUT2D eigenvalue weighted by atomic mass is 9.81. The number of carboxylic acids is 1. The van der Waals surface area contributed by atoms with Crippen molar-refractivity contribution in [2.75, 3.05) is 19.3 Å². The number of carboxylic acid groups (broad SMARTS) is 1. The second-order valence-corrected chi connectivity index (χ2v) is 10.6. The van der Waals surface area contributed by atoms with Crippen LogP contribution in [-0.4, -0.2) is 51.6 Å². The molecule has 1 heterocycles. The Kier molecular flexibility index (Phi) is 4.20. The van der Waals surface area contributed by atoms with Crippen LogP contribution in [0.4, 0.5) is 4.39 Å². The molecule has 0 spiro atoms. The summed E-state index contributed by atoms with van der Waals surface area (Å²) in [4.78, 5) is 10.7. The minimum Gasteiger partial charge on any atom is -0.481 e. The van der Waals surface area contributed by atoms with Gasteiger partial charge in [-0.2, -0.15) is 4.31 Å². The minimum atomic E-state index is -4.10. The van der Waals surface area contributed by atoms with Crippen LogP contribution in [0.5, 0.6) is 0 Å². The Hall–Kier alpha value is -1.52. The molecule has 0 radical (unpaired) electrons. The standard InChI is InChI=1S/C15H18FNO6S2/c1-24(20,21)13-5-4-11(7-12(13)16)25(22,23)17-8-10-3-2-6-15(10,9-17)14(18)19/h4-5,7,10H,2-3,6,8-9H2,1H3,(H,18,19)/t10-,15+/m0/s1. The Labute approximate surface area is 145 Å². The van der Waals surface area contributed by atoms with E-state index in [1.807, 2.05) is 0 Å². The van der Waals surface area contributed by atoms with Crippen LogP contribution in [0.3, 0.4) is 0 Å². The zero-order valence-electron chi connectivity index (χ0n) is 13.5. The fraction of sp³-hybridized carbons (Fsp3) is 0.533. The quantitative estimate of drug-likeness (QED) is 0.823. The number of sulfonamides is 1. The van der Waals surface area contributed by atoms with Crippen LogP contribution < -0.4 is 0 Å². The van der Waals surface area contributed by atoms with Crippen molar-refractivity contribution in [2.24, 2.45) is 11.3 Å². The molecule has 1 aromatic rings. The molecule has 10 heteroatoms. The molecule has 25 heavy (non-hydrogen) atoms. The number of fused-ring (bicyclic) bond motifs is 1. The first-order chi connectivity index (χ1) is 11.5. The van der Waals surface area contributed by atoms with Crippen molar-refractivity contribution in [3.8, 4) is 0 Å². The Balaban J connectivity index is 1.96. The first kappa shape index (κ1) is 18.3. The van der Waals surface area contributed by atoms with E-state index < -0.39 is 42.0 Å². The van der Waals surface area contributed by atoms with Gasteiger partial charge in [0.2, 0.25) is 10.0 Å². The van der Waals surface area contributed by atoms with Gasteiger partial charge in [0, 0.05) is 19.3 Å². The number of rotatable bonds is 4. The van der Waals surface area contributed by atoms with Gasteiger partial charge in [-0.15, -0.1) is 0 Å². The van der Waals surface area contributed by atoms with Crippen LogP contribution in [0.15, 0.2) is 28.0 Å².